The second kappa shape index (κ2) is 11.6. The molecule has 10 nitrogen and oxygen atoms in total. The van der Waals surface area contributed by atoms with Crippen molar-refractivity contribution in [1.29, 1.82) is 0 Å². The molecule has 14 heteroatoms. The lowest BCUT2D eigenvalue weighted by molar-refractivity contribution is -0.274. The number of nitrogens with zero attached hydrogens (tertiary/aromatic N) is 3. The summed E-state index contributed by atoms with van der Waals surface area (Å²) in [7, 11) is 0. The molecule has 3 fully saturated rings. The van der Waals surface area contributed by atoms with E-state index >= 15 is 0 Å². The zero-order valence-corrected chi connectivity index (χ0v) is 24.7. The lowest BCUT2D eigenvalue weighted by atomic mass is 10.00. The number of carbonyl (C=O) groups is 2. The number of carboxylic acid groups (broad SMARTS) is 1. The number of thiazole rings is 1. The number of rotatable bonds is 10. The fourth-order valence-electron chi connectivity index (χ4n) is 6.41. The normalized spacial score (nSPS) is 21.3. The molecular weight excluding hydrogens is 613 g/mol. The van der Waals surface area contributed by atoms with Gasteiger partial charge in [0.25, 0.3) is 5.91 Å². The molecule has 45 heavy (non-hydrogen) atoms. The Balaban J connectivity index is 1.06. The fraction of sp³-hybridized carbons (Fsp3) is 0.419. The summed E-state index contributed by atoms with van der Waals surface area (Å²) in [5.41, 5.74) is 2.32. The van der Waals surface area contributed by atoms with Gasteiger partial charge in [0.15, 0.2) is 5.13 Å². The zero-order valence-electron chi connectivity index (χ0n) is 23.9. The molecule has 7 rings (SSSR count). The Morgan fingerprint density at radius 2 is 1.84 bits per heavy atom. The highest BCUT2D eigenvalue weighted by Gasteiger charge is 2.43. The van der Waals surface area contributed by atoms with Crippen molar-refractivity contribution in [3.63, 3.8) is 0 Å². The molecule has 3 aliphatic rings. The van der Waals surface area contributed by atoms with Crippen LogP contribution in [0.25, 0.3) is 21.5 Å². The quantitative estimate of drug-likeness (QED) is 0.206. The average Bonchev–Trinajstić information content (AvgIpc) is 3.52. The summed E-state index contributed by atoms with van der Waals surface area (Å²) in [5.74, 6) is -1.06. The minimum Gasteiger partial charge on any atom is -0.480 e. The van der Waals surface area contributed by atoms with E-state index in [0.717, 1.165) is 53.9 Å². The van der Waals surface area contributed by atoms with Crippen molar-refractivity contribution >= 4 is 38.6 Å². The van der Waals surface area contributed by atoms with E-state index in [1.54, 1.807) is 30.3 Å². The number of anilines is 1. The van der Waals surface area contributed by atoms with Crippen LogP contribution in [0.2, 0.25) is 0 Å². The molecule has 4 heterocycles. The molecular formula is C31H29F3N4O6S. The number of benzene rings is 2. The number of ether oxygens (including phenoxy) is 2. The van der Waals surface area contributed by atoms with Gasteiger partial charge in [-0.05, 0) is 68.9 Å². The fourth-order valence-corrected chi connectivity index (χ4v) is 7.56. The highest BCUT2D eigenvalue weighted by atomic mass is 32.1. The minimum atomic E-state index is -4.84. The molecule has 2 atom stereocenters. The van der Waals surface area contributed by atoms with Crippen molar-refractivity contribution in [3.8, 4) is 17.0 Å². The van der Waals surface area contributed by atoms with Gasteiger partial charge in [0.1, 0.15) is 23.7 Å². The minimum absolute atomic E-state index is 0.0610. The molecule has 2 N–H and O–H groups in total. The number of hydrogen-bond acceptors (Lipinski definition) is 9. The van der Waals surface area contributed by atoms with Gasteiger partial charge in [-0.2, -0.15) is 0 Å². The first-order valence-electron chi connectivity index (χ1n) is 14.8. The van der Waals surface area contributed by atoms with Crippen LogP contribution in [0.15, 0.2) is 47.0 Å². The lowest BCUT2D eigenvalue weighted by Crippen LogP contribution is -2.45. The van der Waals surface area contributed by atoms with Crippen LogP contribution in [0.5, 0.6) is 5.75 Å². The van der Waals surface area contributed by atoms with E-state index in [9.17, 15) is 22.8 Å². The highest BCUT2D eigenvalue weighted by molar-refractivity contribution is 7.22. The number of para-hydroxylation sites is 1. The van der Waals surface area contributed by atoms with Gasteiger partial charge >= 0.3 is 12.3 Å². The Morgan fingerprint density at radius 1 is 1.09 bits per heavy atom. The van der Waals surface area contributed by atoms with Crippen LogP contribution in [0, 0.1) is 0 Å². The molecule has 1 amide bonds. The van der Waals surface area contributed by atoms with Crippen LogP contribution in [0.1, 0.15) is 66.1 Å². The molecule has 2 aromatic carbocycles. The summed E-state index contributed by atoms with van der Waals surface area (Å²) in [6.07, 6.45) is 0.461. The van der Waals surface area contributed by atoms with Crippen LogP contribution in [0.3, 0.4) is 0 Å². The molecule has 236 valence electrons. The van der Waals surface area contributed by atoms with Crippen molar-refractivity contribution < 1.29 is 41.9 Å². The van der Waals surface area contributed by atoms with Gasteiger partial charge < -0.3 is 29.3 Å². The summed E-state index contributed by atoms with van der Waals surface area (Å²) in [5, 5.41) is 16.3. The number of aromatic nitrogens is 2. The van der Waals surface area contributed by atoms with E-state index in [4.69, 9.17) is 19.4 Å². The van der Waals surface area contributed by atoms with E-state index in [1.165, 1.54) is 23.5 Å². The molecule has 0 spiro atoms. The number of carbonyl (C=O) groups excluding carboxylic acids is 1. The van der Waals surface area contributed by atoms with Crippen LogP contribution in [-0.4, -0.2) is 58.2 Å². The van der Waals surface area contributed by atoms with Gasteiger partial charge in [-0.1, -0.05) is 28.6 Å². The summed E-state index contributed by atoms with van der Waals surface area (Å²) in [4.78, 5) is 30.4. The number of piperidine rings is 1. The van der Waals surface area contributed by atoms with Crippen molar-refractivity contribution in [1.82, 2.24) is 15.5 Å². The average molecular weight is 643 g/mol. The van der Waals surface area contributed by atoms with Crippen LogP contribution >= 0.6 is 11.3 Å². The Bertz CT molecular complexity index is 1740. The number of fused-ring (bicyclic) bond motifs is 3. The third-order valence-corrected chi connectivity index (χ3v) is 9.58. The Morgan fingerprint density at radius 3 is 2.56 bits per heavy atom. The van der Waals surface area contributed by atoms with E-state index in [1.807, 2.05) is 0 Å². The van der Waals surface area contributed by atoms with Crippen molar-refractivity contribution in [3.05, 3.63) is 59.4 Å². The summed E-state index contributed by atoms with van der Waals surface area (Å²) in [6.45, 7) is -0.283. The maximum Gasteiger partial charge on any atom is 0.573 e. The first-order chi connectivity index (χ1) is 21.6. The molecule has 2 aromatic heterocycles. The molecule has 4 aromatic rings. The third-order valence-electron chi connectivity index (χ3n) is 8.55. The van der Waals surface area contributed by atoms with Gasteiger partial charge in [0, 0.05) is 34.7 Å². The van der Waals surface area contributed by atoms with Crippen LogP contribution in [0.4, 0.5) is 18.3 Å². The van der Waals surface area contributed by atoms with E-state index in [-0.39, 0.29) is 42.0 Å². The van der Waals surface area contributed by atoms with Crippen LogP contribution < -0.4 is 15.0 Å². The first-order valence-corrected chi connectivity index (χ1v) is 15.6. The smallest absolute Gasteiger partial charge is 0.480 e. The predicted molar refractivity (Wildman–Crippen MR) is 157 cm³/mol. The third kappa shape index (κ3) is 6.21. The van der Waals surface area contributed by atoms with E-state index in [2.05, 4.69) is 20.1 Å². The molecule has 0 unspecified atom stereocenters. The van der Waals surface area contributed by atoms with Gasteiger partial charge in [-0.25, -0.2) is 4.98 Å². The standard InChI is InChI=1S/C31H29F3N4O6S/c32-31(33,34)43-24-4-2-1-3-21(24)27-22(28(44-37-27)16-5-6-16)15-42-20-12-18-8-9-19(13-20)38(18)30-36-23-10-7-17(11-25(23)45-30)29(41)35-14-26(39)40/h1-4,7,10-11,16,18-20H,5-6,8-9,12-15H2,(H,35,41)(H,39,40)/t18-,19-/m1/s1. The van der Waals surface area contributed by atoms with Gasteiger partial charge in [-0.15, -0.1) is 13.2 Å². The van der Waals surface area contributed by atoms with Gasteiger partial charge in [-0.3, -0.25) is 9.59 Å². The summed E-state index contributed by atoms with van der Waals surface area (Å²) < 4.78 is 56.7. The predicted octanol–water partition coefficient (Wildman–Crippen LogP) is 6.26. The van der Waals surface area contributed by atoms with Crippen LogP contribution in [-0.2, 0) is 16.1 Å². The maximum absolute atomic E-state index is 13.1. The lowest BCUT2D eigenvalue weighted by Gasteiger charge is -2.38. The summed E-state index contributed by atoms with van der Waals surface area (Å²) >= 11 is 1.50. The Labute approximate surface area is 259 Å². The van der Waals surface area contributed by atoms with Crippen molar-refractivity contribution in [2.45, 2.75) is 75.6 Å². The number of amides is 1. The van der Waals surface area contributed by atoms with Crippen molar-refractivity contribution in [2.24, 2.45) is 0 Å². The Hall–Kier alpha value is -4.17. The number of carboxylic acids is 1. The Kier molecular flexibility index (Phi) is 7.64. The second-order valence-corrected chi connectivity index (χ2v) is 12.7. The number of hydrogen-bond donors (Lipinski definition) is 2. The number of nitrogens with one attached hydrogen (secondary N) is 1. The van der Waals surface area contributed by atoms with Crippen molar-refractivity contribution in [2.75, 3.05) is 11.4 Å². The monoisotopic (exact) mass is 642 g/mol. The molecule has 1 saturated carbocycles. The van der Waals surface area contributed by atoms with E-state index < -0.39 is 24.8 Å². The van der Waals surface area contributed by atoms with E-state index in [0.29, 0.717) is 22.6 Å². The molecule has 2 bridgehead atoms. The zero-order chi connectivity index (χ0) is 31.3. The largest absolute Gasteiger partial charge is 0.573 e. The number of aliphatic carboxylic acids is 1. The van der Waals surface area contributed by atoms with Gasteiger partial charge in [0.05, 0.1) is 22.9 Å². The SMILES string of the molecule is O=C(O)CNC(=O)c1ccc2nc(N3[C@@H]4CC[C@@H]3CC(OCc3c(-c5ccccc5OC(F)(F)F)noc3C3CC3)C4)sc2c1. The molecule has 0 radical (unpaired) electrons. The molecule has 2 saturated heterocycles. The second-order valence-electron chi connectivity index (χ2n) is 11.6. The number of alkyl halides is 3. The highest BCUT2D eigenvalue weighted by Crippen LogP contribution is 2.47. The summed E-state index contributed by atoms with van der Waals surface area (Å²) in [6, 6.07) is 11.5. The number of halogens is 3. The van der Waals surface area contributed by atoms with Gasteiger partial charge in [0.2, 0.25) is 0 Å². The topological polar surface area (TPSA) is 127 Å². The first kappa shape index (κ1) is 29.5. The maximum atomic E-state index is 13.1. The molecule has 1 aliphatic carbocycles. The molecule has 2 aliphatic heterocycles.